The van der Waals surface area contributed by atoms with Gasteiger partial charge >= 0.3 is 7.80 Å². The molecule has 13 heavy (non-hydrogen) atoms. The minimum atomic E-state index is -1.30. The van der Waals surface area contributed by atoms with Gasteiger partial charge < -0.3 is 0 Å². The maximum Gasteiger partial charge on any atom is 0.400 e. The van der Waals surface area contributed by atoms with Crippen molar-refractivity contribution in [2.24, 2.45) is 9.98 Å². The summed E-state index contributed by atoms with van der Waals surface area (Å²) in [5.74, 6) is 0. The summed E-state index contributed by atoms with van der Waals surface area (Å²) in [5.41, 5.74) is 2.07. The van der Waals surface area contributed by atoms with Crippen molar-refractivity contribution >= 4 is 20.9 Å². The average molecular weight is 197 g/mol. The van der Waals surface area contributed by atoms with E-state index in [1.807, 2.05) is 13.8 Å². The Bertz CT molecular complexity index is 286. The summed E-state index contributed by atoms with van der Waals surface area (Å²) in [6.07, 6.45) is 3.50. The van der Waals surface area contributed by atoms with Crippen molar-refractivity contribution in [2.75, 3.05) is 0 Å². The topological polar surface area (TPSA) is 41.8 Å². The maximum absolute atomic E-state index is 11.8. The summed E-state index contributed by atoms with van der Waals surface area (Å²) in [7, 11) is -1.30. The third-order valence-corrected chi connectivity index (χ3v) is 3.96. The molecule has 1 aliphatic rings. The Morgan fingerprint density at radius 2 is 2.15 bits per heavy atom. The second kappa shape index (κ2) is 4.43. The van der Waals surface area contributed by atoms with E-state index in [4.69, 9.17) is 0 Å². The number of nitrogens with zero attached hydrogens (tertiary/aromatic N) is 2. The van der Waals surface area contributed by atoms with E-state index in [2.05, 4.69) is 16.7 Å². The van der Waals surface area contributed by atoms with Gasteiger partial charge in [-0.1, -0.05) is 4.57 Å². The molecule has 1 aliphatic carbocycles. The second-order valence-corrected chi connectivity index (χ2v) is 5.11. The summed E-state index contributed by atoms with van der Waals surface area (Å²) in [6.45, 7) is 7.14. The van der Waals surface area contributed by atoms with Crippen molar-refractivity contribution in [1.29, 1.82) is 0 Å². The highest BCUT2D eigenvalue weighted by Crippen LogP contribution is 2.51. The number of aliphatic imine (C=N–C) groups is 2. The van der Waals surface area contributed by atoms with Gasteiger partial charge in [0.25, 0.3) is 5.44 Å². The number of hydrogen-bond acceptors (Lipinski definition) is 2. The Morgan fingerprint density at radius 1 is 1.54 bits per heavy atom. The van der Waals surface area contributed by atoms with Crippen molar-refractivity contribution in [3.63, 3.8) is 0 Å². The molecular formula is C9H14N2OP+. The molecule has 0 amide bonds. The largest absolute Gasteiger partial charge is 0.400 e. The summed E-state index contributed by atoms with van der Waals surface area (Å²) < 4.78 is 11.8. The van der Waals surface area contributed by atoms with E-state index in [9.17, 15) is 4.57 Å². The minimum absolute atomic E-state index is 0.363. The number of hydrogen-bond donors (Lipinski definition) is 0. The van der Waals surface area contributed by atoms with Crippen molar-refractivity contribution in [3.05, 3.63) is 11.0 Å². The highest BCUT2D eigenvalue weighted by atomic mass is 31.1. The first kappa shape index (κ1) is 10.3. The van der Waals surface area contributed by atoms with Crippen LogP contribution in [0.5, 0.6) is 0 Å². The van der Waals surface area contributed by atoms with E-state index in [1.54, 1.807) is 0 Å². The Morgan fingerprint density at radius 3 is 2.54 bits per heavy atom. The van der Waals surface area contributed by atoms with Crippen LogP contribution in [-0.4, -0.2) is 18.7 Å². The molecule has 0 aliphatic heterocycles. The highest BCUT2D eigenvalue weighted by Gasteiger charge is 2.44. The first-order chi connectivity index (χ1) is 6.16. The molecule has 3 nitrogen and oxygen atoms in total. The van der Waals surface area contributed by atoms with Crippen molar-refractivity contribution < 1.29 is 4.57 Å². The molecule has 0 spiro atoms. The van der Waals surface area contributed by atoms with Crippen LogP contribution < -0.4 is 0 Å². The molecule has 70 valence electrons. The third-order valence-electron chi connectivity index (χ3n) is 1.80. The van der Waals surface area contributed by atoms with Crippen molar-refractivity contribution in [1.82, 2.24) is 0 Å². The van der Waals surface area contributed by atoms with Gasteiger partial charge in [-0.15, -0.1) is 0 Å². The quantitative estimate of drug-likeness (QED) is 0.388. The zero-order valence-electron chi connectivity index (χ0n) is 8.03. The normalized spacial score (nSPS) is 17.2. The Kier molecular flexibility index (Phi) is 3.49. The first-order valence-electron chi connectivity index (χ1n) is 4.29. The SMILES string of the molecule is C=NC=NC(=C(C)C)[P+](=O)C1CC1. The summed E-state index contributed by atoms with van der Waals surface area (Å²) >= 11 is 0. The lowest BCUT2D eigenvalue weighted by molar-refractivity contribution is 0.590. The zero-order chi connectivity index (χ0) is 9.84. The zero-order valence-corrected chi connectivity index (χ0v) is 8.92. The van der Waals surface area contributed by atoms with Crippen LogP contribution in [0.4, 0.5) is 0 Å². The molecule has 0 saturated heterocycles. The molecule has 0 aromatic rings. The maximum atomic E-state index is 11.8. The van der Waals surface area contributed by atoms with Crippen LogP contribution >= 0.6 is 7.80 Å². The molecule has 1 saturated carbocycles. The van der Waals surface area contributed by atoms with Crippen LogP contribution in [0.15, 0.2) is 21.0 Å². The van der Waals surface area contributed by atoms with Crippen LogP contribution in [-0.2, 0) is 4.57 Å². The van der Waals surface area contributed by atoms with Crippen LogP contribution in [0, 0.1) is 0 Å². The Hall–Kier alpha value is -0.820. The lowest BCUT2D eigenvalue weighted by atomic mass is 10.4. The lowest BCUT2D eigenvalue weighted by Gasteiger charge is -1.89. The smallest absolute Gasteiger partial charge is 0.252 e. The standard InChI is InChI=1S/C9H14N2OP/c1-7(2)9(11-6-10-3)13(12)8-4-5-8/h6,8H,3-5H2,1-2H3/q+1. The highest BCUT2D eigenvalue weighted by molar-refractivity contribution is 7.50. The molecule has 1 rings (SSSR count). The van der Waals surface area contributed by atoms with Crippen molar-refractivity contribution in [2.45, 2.75) is 32.3 Å². The van der Waals surface area contributed by atoms with E-state index in [-0.39, 0.29) is 0 Å². The molecular weight excluding hydrogens is 183 g/mol. The van der Waals surface area contributed by atoms with Crippen LogP contribution in [0.3, 0.4) is 0 Å². The van der Waals surface area contributed by atoms with Gasteiger partial charge in [0, 0.05) is 0 Å². The summed E-state index contributed by atoms with van der Waals surface area (Å²) in [6, 6.07) is 0. The average Bonchev–Trinajstić information content (AvgIpc) is 2.86. The van der Waals surface area contributed by atoms with E-state index in [0.29, 0.717) is 11.1 Å². The van der Waals surface area contributed by atoms with Crippen molar-refractivity contribution in [3.8, 4) is 0 Å². The summed E-state index contributed by atoms with van der Waals surface area (Å²) in [5, 5.41) is 0. The predicted octanol–water partition coefficient (Wildman–Crippen LogP) is 2.96. The van der Waals surface area contributed by atoms with E-state index in [1.165, 1.54) is 6.34 Å². The molecule has 0 aromatic heterocycles. The minimum Gasteiger partial charge on any atom is -0.252 e. The molecule has 4 heteroatoms. The van der Waals surface area contributed by atoms with Crippen LogP contribution in [0.2, 0.25) is 0 Å². The fraction of sp³-hybridized carbons (Fsp3) is 0.556. The van der Waals surface area contributed by atoms with Gasteiger partial charge in [-0.3, -0.25) is 4.99 Å². The molecule has 0 N–H and O–H groups in total. The van der Waals surface area contributed by atoms with Crippen LogP contribution in [0.25, 0.3) is 0 Å². The Balaban J connectivity index is 2.79. The van der Waals surface area contributed by atoms with Gasteiger partial charge in [0.1, 0.15) is 6.34 Å². The first-order valence-corrected chi connectivity index (χ1v) is 5.62. The van der Waals surface area contributed by atoms with Gasteiger partial charge in [-0.25, -0.2) is 0 Å². The van der Waals surface area contributed by atoms with Gasteiger partial charge in [-0.05, 0) is 39.0 Å². The van der Waals surface area contributed by atoms with Gasteiger partial charge in [0.2, 0.25) is 0 Å². The molecule has 0 aromatic carbocycles. The summed E-state index contributed by atoms with van der Waals surface area (Å²) in [4.78, 5) is 7.56. The number of rotatable bonds is 4. The molecule has 0 heterocycles. The van der Waals surface area contributed by atoms with Gasteiger partial charge in [0.15, 0.2) is 5.66 Å². The number of allylic oxidation sites excluding steroid dienone is 1. The van der Waals surface area contributed by atoms with Gasteiger partial charge in [0.05, 0.1) is 0 Å². The van der Waals surface area contributed by atoms with E-state index >= 15 is 0 Å². The predicted molar refractivity (Wildman–Crippen MR) is 57.0 cm³/mol. The van der Waals surface area contributed by atoms with Gasteiger partial charge in [-0.2, -0.15) is 4.99 Å². The third kappa shape index (κ3) is 2.85. The second-order valence-electron chi connectivity index (χ2n) is 3.31. The van der Waals surface area contributed by atoms with Crippen LogP contribution in [0.1, 0.15) is 26.7 Å². The molecule has 1 unspecified atom stereocenters. The fourth-order valence-electron chi connectivity index (χ4n) is 0.984. The molecule has 1 atom stereocenters. The monoisotopic (exact) mass is 197 g/mol. The molecule has 0 radical (unpaired) electrons. The molecule has 1 fully saturated rings. The Labute approximate surface area is 79.5 Å². The lowest BCUT2D eigenvalue weighted by Crippen LogP contribution is -1.81. The fourth-order valence-corrected chi connectivity index (χ4v) is 2.55. The van der Waals surface area contributed by atoms with E-state index in [0.717, 1.165) is 18.4 Å². The molecule has 0 bridgehead atoms. The van der Waals surface area contributed by atoms with E-state index < -0.39 is 7.80 Å².